The number of carboxylic acid groups (broad SMARTS) is 1. The normalized spacial score (nSPS) is 20.2. The molecule has 0 bridgehead atoms. The van der Waals surface area contributed by atoms with Gasteiger partial charge < -0.3 is 10.0 Å². The molecule has 1 unspecified atom stereocenters. The lowest BCUT2D eigenvalue weighted by atomic mass is 9.76. The van der Waals surface area contributed by atoms with Gasteiger partial charge in [0.15, 0.2) is 0 Å². The van der Waals surface area contributed by atoms with Crippen molar-refractivity contribution >= 4 is 22.9 Å². The first kappa shape index (κ1) is 18.2. The highest BCUT2D eigenvalue weighted by Crippen LogP contribution is 2.38. The van der Waals surface area contributed by atoms with Crippen LogP contribution in [0.15, 0.2) is 29.1 Å². The Hall–Kier alpha value is -2.57. The molecular weight excluding hydrogens is 334 g/mol. The Morgan fingerprint density at radius 2 is 1.81 bits per heavy atom. The molecule has 1 fully saturated rings. The van der Waals surface area contributed by atoms with Gasteiger partial charge in [0, 0.05) is 19.6 Å². The minimum atomic E-state index is -0.905. The standard InChI is InChI=1S/C19H25N3O4/c1-4-21-14-7-5-6-8-15(14)22(18(21)26)11-16(23)20-10-9-19(12-20,13(2)3)17(24)25/h5-8,13H,4,9-12H2,1-3H3,(H,24,25). The second-order valence-corrected chi connectivity index (χ2v) is 7.28. The SMILES string of the molecule is CCn1c(=O)n(CC(=O)N2CCC(C(=O)O)(C(C)C)C2)c2ccccc21. The van der Waals surface area contributed by atoms with Crippen molar-refractivity contribution in [2.45, 2.75) is 40.3 Å². The van der Waals surface area contributed by atoms with Crippen LogP contribution in [0.1, 0.15) is 27.2 Å². The van der Waals surface area contributed by atoms with E-state index >= 15 is 0 Å². The number of aliphatic carboxylic acids is 1. The van der Waals surface area contributed by atoms with Gasteiger partial charge in [0.05, 0.1) is 16.4 Å². The quantitative estimate of drug-likeness (QED) is 0.882. The highest BCUT2D eigenvalue weighted by molar-refractivity contribution is 5.83. The van der Waals surface area contributed by atoms with E-state index in [2.05, 4.69) is 0 Å². The van der Waals surface area contributed by atoms with Gasteiger partial charge in [-0.2, -0.15) is 0 Å². The number of nitrogens with zero attached hydrogens (tertiary/aromatic N) is 3. The summed E-state index contributed by atoms with van der Waals surface area (Å²) in [6.07, 6.45) is 0.442. The van der Waals surface area contributed by atoms with E-state index in [0.717, 1.165) is 11.0 Å². The molecule has 3 rings (SSSR count). The Labute approximate surface area is 151 Å². The molecule has 7 nitrogen and oxygen atoms in total. The number of imidazole rings is 1. The van der Waals surface area contributed by atoms with Crippen LogP contribution < -0.4 is 5.69 Å². The first-order valence-electron chi connectivity index (χ1n) is 9.01. The van der Waals surface area contributed by atoms with Crippen LogP contribution in [0.3, 0.4) is 0 Å². The summed E-state index contributed by atoms with van der Waals surface area (Å²) in [4.78, 5) is 38.8. The lowest BCUT2D eigenvalue weighted by Gasteiger charge is -2.28. The third kappa shape index (κ3) is 2.71. The molecule has 7 heteroatoms. The Morgan fingerprint density at radius 1 is 1.19 bits per heavy atom. The molecule has 26 heavy (non-hydrogen) atoms. The van der Waals surface area contributed by atoms with Crippen LogP contribution >= 0.6 is 0 Å². The van der Waals surface area contributed by atoms with Crippen LogP contribution in [-0.2, 0) is 22.7 Å². The first-order chi connectivity index (χ1) is 12.3. The van der Waals surface area contributed by atoms with Crippen LogP contribution in [0.5, 0.6) is 0 Å². The van der Waals surface area contributed by atoms with Crippen molar-refractivity contribution < 1.29 is 14.7 Å². The summed E-state index contributed by atoms with van der Waals surface area (Å²) < 4.78 is 3.12. The fraction of sp³-hybridized carbons (Fsp3) is 0.526. The van der Waals surface area contributed by atoms with Crippen molar-refractivity contribution in [1.82, 2.24) is 14.0 Å². The van der Waals surface area contributed by atoms with Gasteiger partial charge in [0.1, 0.15) is 6.54 Å². The third-order valence-corrected chi connectivity index (χ3v) is 5.72. The number of hydrogen-bond acceptors (Lipinski definition) is 3. The van der Waals surface area contributed by atoms with Crippen LogP contribution in [0.25, 0.3) is 11.0 Å². The first-order valence-corrected chi connectivity index (χ1v) is 9.01. The maximum atomic E-state index is 12.8. The number of hydrogen-bond donors (Lipinski definition) is 1. The molecule has 1 aromatic carbocycles. The fourth-order valence-electron chi connectivity index (χ4n) is 3.90. The molecule has 1 N–H and O–H groups in total. The molecular formula is C19H25N3O4. The van der Waals surface area contributed by atoms with Crippen molar-refractivity contribution in [1.29, 1.82) is 0 Å². The van der Waals surface area contributed by atoms with Crippen LogP contribution in [-0.4, -0.2) is 44.1 Å². The number of carboxylic acids is 1. The summed E-state index contributed by atoms with van der Waals surface area (Å²) in [6.45, 7) is 6.71. The molecule has 2 aromatic rings. The van der Waals surface area contributed by atoms with Crippen LogP contribution in [0.2, 0.25) is 0 Å². The molecule has 0 spiro atoms. The van der Waals surface area contributed by atoms with Gasteiger partial charge in [0.25, 0.3) is 0 Å². The molecule has 1 aliphatic rings. The maximum absolute atomic E-state index is 12.8. The second-order valence-electron chi connectivity index (χ2n) is 7.28. The number of benzene rings is 1. The van der Waals surface area contributed by atoms with E-state index in [-0.39, 0.29) is 30.6 Å². The predicted octanol–water partition coefficient (Wildman–Crippen LogP) is 1.78. The smallest absolute Gasteiger partial charge is 0.329 e. The van der Waals surface area contributed by atoms with E-state index in [9.17, 15) is 19.5 Å². The van der Waals surface area contributed by atoms with Gasteiger partial charge in [0.2, 0.25) is 5.91 Å². The largest absolute Gasteiger partial charge is 0.481 e. The number of carbonyl (C=O) groups is 2. The molecule has 140 valence electrons. The molecule has 1 aliphatic heterocycles. The molecule has 1 amide bonds. The summed E-state index contributed by atoms with van der Waals surface area (Å²) >= 11 is 0. The van der Waals surface area contributed by atoms with Crippen LogP contribution in [0.4, 0.5) is 0 Å². The van der Waals surface area contributed by atoms with E-state index in [4.69, 9.17) is 0 Å². The highest BCUT2D eigenvalue weighted by Gasteiger charge is 2.48. The van der Waals surface area contributed by atoms with Gasteiger partial charge in [-0.05, 0) is 31.4 Å². The average Bonchev–Trinajstić information content (AvgIpc) is 3.17. The number of carbonyl (C=O) groups excluding carboxylic acids is 1. The minimum absolute atomic E-state index is 0.0671. The van der Waals surface area contributed by atoms with Gasteiger partial charge in [-0.25, -0.2) is 4.79 Å². The topological polar surface area (TPSA) is 84.5 Å². The number of amides is 1. The molecule has 0 radical (unpaired) electrons. The van der Waals surface area contributed by atoms with Gasteiger partial charge >= 0.3 is 11.7 Å². The molecule has 0 saturated carbocycles. The number of para-hydroxylation sites is 2. The number of aromatic nitrogens is 2. The zero-order valence-electron chi connectivity index (χ0n) is 15.4. The van der Waals surface area contributed by atoms with E-state index in [0.29, 0.717) is 19.5 Å². The van der Waals surface area contributed by atoms with E-state index < -0.39 is 11.4 Å². The average molecular weight is 359 g/mol. The van der Waals surface area contributed by atoms with Gasteiger partial charge in [-0.1, -0.05) is 26.0 Å². The number of fused-ring (bicyclic) bond motifs is 1. The zero-order chi connectivity index (χ0) is 19.1. The highest BCUT2D eigenvalue weighted by atomic mass is 16.4. The Bertz CT molecular complexity index is 911. The zero-order valence-corrected chi connectivity index (χ0v) is 15.4. The number of aryl methyl sites for hydroxylation is 1. The Morgan fingerprint density at radius 3 is 2.31 bits per heavy atom. The molecule has 2 heterocycles. The molecule has 0 aliphatic carbocycles. The number of rotatable bonds is 5. The fourth-order valence-corrected chi connectivity index (χ4v) is 3.90. The lowest BCUT2D eigenvalue weighted by Crippen LogP contribution is -2.42. The molecule has 1 atom stereocenters. The third-order valence-electron chi connectivity index (χ3n) is 5.72. The summed E-state index contributed by atoms with van der Waals surface area (Å²) in [5.74, 6) is -1.14. The van der Waals surface area contributed by atoms with E-state index in [1.165, 1.54) is 4.57 Å². The molecule has 1 aromatic heterocycles. The van der Waals surface area contributed by atoms with Crippen molar-refractivity contribution in [2.75, 3.05) is 13.1 Å². The van der Waals surface area contributed by atoms with E-state index in [1.807, 2.05) is 45.0 Å². The van der Waals surface area contributed by atoms with Crippen molar-refractivity contribution in [2.24, 2.45) is 11.3 Å². The van der Waals surface area contributed by atoms with Crippen molar-refractivity contribution in [3.05, 3.63) is 34.7 Å². The van der Waals surface area contributed by atoms with E-state index in [1.54, 1.807) is 9.47 Å². The predicted molar refractivity (Wildman–Crippen MR) is 98.0 cm³/mol. The van der Waals surface area contributed by atoms with Crippen molar-refractivity contribution in [3.8, 4) is 0 Å². The van der Waals surface area contributed by atoms with Crippen molar-refractivity contribution in [3.63, 3.8) is 0 Å². The lowest BCUT2D eigenvalue weighted by molar-refractivity contribution is -0.151. The second kappa shape index (κ2) is 6.63. The maximum Gasteiger partial charge on any atom is 0.329 e. The number of likely N-dealkylation sites (tertiary alicyclic amines) is 1. The van der Waals surface area contributed by atoms with Crippen LogP contribution in [0, 0.1) is 11.3 Å². The molecule has 1 saturated heterocycles. The summed E-state index contributed by atoms with van der Waals surface area (Å²) in [7, 11) is 0. The summed E-state index contributed by atoms with van der Waals surface area (Å²) in [5, 5.41) is 9.65. The Balaban J connectivity index is 1.88. The van der Waals surface area contributed by atoms with Gasteiger partial charge in [-0.15, -0.1) is 0 Å². The minimum Gasteiger partial charge on any atom is -0.481 e. The summed E-state index contributed by atoms with van der Waals surface area (Å²) in [6, 6.07) is 7.40. The summed E-state index contributed by atoms with van der Waals surface area (Å²) in [5.41, 5.74) is 0.407. The Kier molecular flexibility index (Phi) is 4.64. The monoisotopic (exact) mass is 359 g/mol. The van der Waals surface area contributed by atoms with Gasteiger partial charge in [-0.3, -0.25) is 18.7 Å².